The largest absolute Gasteiger partial charge is 0.301 e. The summed E-state index contributed by atoms with van der Waals surface area (Å²) in [6.07, 6.45) is 2.85. The second-order valence-corrected chi connectivity index (χ2v) is 6.63. The fourth-order valence-electron chi connectivity index (χ4n) is 2.80. The van der Waals surface area contributed by atoms with E-state index in [0.29, 0.717) is 6.42 Å². The molecule has 0 amide bonds. The predicted molar refractivity (Wildman–Crippen MR) is 90.9 cm³/mol. The van der Waals surface area contributed by atoms with Crippen LogP contribution in [0.3, 0.4) is 0 Å². The van der Waals surface area contributed by atoms with E-state index < -0.39 is 0 Å². The molecule has 3 nitrogen and oxygen atoms in total. The molecule has 0 spiro atoms. The van der Waals surface area contributed by atoms with Crippen LogP contribution in [0.4, 0.5) is 0 Å². The summed E-state index contributed by atoms with van der Waals surface area (Å²) in [6, 6.07) is 7.66. The first kappa shape index (κ1) is 16.7. The van der Waals surface area contributed by atoms with Crippen molar-refractivity contribution in [2.45, 2.75) is 26.2 Å². The van der Waals surface area contributed by atoms with Crippen molar-refractivity contribution in [1.82, 2.24) is 9.80 Å². The van der Waals surface area contributed by atoms with Crippen LogP contribution in [-0.2, 0) is 0 Å². The number of benzene rings is 1. The topological polar surface area (TPSA) is 23.6 Å². The number of hydrogen-bond donors (Lipinski definition) is 0. The Bertz CT molecular complexity index is 439. The number of piperazine rings is 1. The Morgan fingerprint density at radius 2 is 1.62 bits per heavy atom. The normalized spacial score (nSPS) is 17.0. The van der Waals surface area contributed by atoms with E-state index in [1.54, 1.807) is 0 Å². The highest BCUT2D eigenvalue weighted by molar-refractivity contribution is 9.10. The minimum absolute atomic E-state index is 0.257. The Morgan fingerprint density at radius 3 is 2.19 bits per heavy atom. The van der Waals surface area contributed by atoms with Gasteiger partial charge in [-0.05, 0) is 38.1 Å². The van der Waals surface area contributed by atoms with Gasteiger partial charge in [0, 0.05) is 42.6 Å². The maximum Gasteiger partial charge on any atom is 0.162 e. The molecule has 1 aliphatic heterocycles. The molecule has 21 heavy (non-hydrogen) atoms. The first-order chi connectivity index (χ1) is 10.2. The summed E-state index contributed by atoms with van der Waals surface area (Å²) in [4.78, 5) is 17.1. The van der Waals surface area contributed by atoms with Gasteiger partial charge in [-0.1, -0.05) is 35.0 Å². The second kappa shape index (κ2) is 8.66. The molecule has 0 aromatic heterocycles. The second-order valence-electron chi connectivity index (χ2n) is 5.72. The van der Waals surface area contributed by atoms with Gasteiger partial charge in [0.2, 0.25) is 0 Å². The number of nitrogens with zero attached hydrogens (tertiary/aromatic N) is 2. The number of ketones is 1. The van der Waals surface area contributed by atoms with Crippen LogP contribution in [0.25, 0.3) is 0 Å². The lowest BCUT2D eigenvalue weighted by Gasteiger charge is -2.34. The average Bonchev–Trinajstić information content (AvgIpc) is 2.50. The molecule has 1 aromatic carbocycles. The number of hydrogen-bond acceptors (Lipinski definition) is 3. The van der Waals surface area contributed by atoms with E-state index in [-0.39, 0.29) is 5.78 Å². The Kier molecular flexibility index (Phi) is 6.87. The SMILES string of the molecule is CCCN1CCN(CCCC(=O)c2ccc(Br)cc2)CC1. The molecule has 0 bridgehead atoms. The smallest absolute Gasteiger partial charge is 0.162 e. The lowest BCUT2D eigenvalue weighted by atomic mass is 10.1. The summed E-state index contributed by atoms with van der Waals surface area (Å²) in [7, 11) is 0. The number of carbonyl (C=O) groups excluding carboxylic acids is 1. The average molecular weight is 353 g/mol. The lowest BCUT2D eigenvalue weighted by Crippen LogP contribution is -2.46. The van der Waals surface area contributed by atoms with Crippen molar-refractivity contribution in [3.63, 3.8) is 0 Å². The van der Waals surface area contributed by atoms with E-state index in [1.807, 2.05) is 24.3 Å². The maximum absolute atomic E-state index is 12.1. The van der Waals surface area contributed by atoms with Crippen LogP contribution in [0, 0.1) is 0 Å². The molecular weight excluding hydrogens is 328 g/mol. The third-order valence-electron chi connectivity index (χ3n) is 4.05. The van der Waals surface area contributed by atoms with Gasteiger partial charge in [0.05, 0.1) is 0 Å². The van der Waals surface area contributed by atoms with Gasteiger partial charge < -0.3 is 9.80 Å². The minimum atomic E-state index is 0.257. The van der Waals surface area contributed by atoms with Crippen LogP contribution in [-0.4, -0.2) is 54.9 Å². The highest BCUT2D eigenvalue weighted by Gasteiger charge is 2.16. The van der Waals surface area contributed by atoms with Gasteiger partial charge in [0.25, 0.3) is 0 Å². The van der Waals surface area contributed by atoms with Crippen molar-refractivity contribution >= 4 is 21.7 Å². The van der Waals surface area contributed by atoms with Gasteiger partial charge in [0.1, 0.15) is 0 Å². The zero-order chi connectivity index (χ0) is 15.1. The zero-order valence-corrected chi connectivity index (χ0v) is 14.4. The van der Waals surface area contributed by atoms with Gasteiger partial charge in [0.15, 0.2) is 5.78 Å². The minimum Gasteiger partial charge on any atom is -0.301 e. The number of carbonyl (C=O) groups is 1. The van der Waals surface area contributed by atoms with Gasteiger partial charge in [-0.2, -0.15) is 0 Å². The molecule has 0 aliphatic carbocycles. The summed E-state index contributed by atoms with van der Waals surface area (Å²) in [5.41, 5.74) is 0.825. The third kappa shape index (κ3) is 5.53. The standard InChI is InChI=1S/C17H25BrN2O/c1-2-9-19-11-13-20(14-12-19)10-3-4-17(21)15-5-7-16(18)8-6-15/h5-8H,2-4,9-14H2,1H3. The summed E-state index contributed by atoms with van der Waals surface area (Å²) in [5, 5.41) is 0. The Hall–Kier alpha value is -0.710. The molecule has 1 aliphatic rings. The van der Waals surface area contributed by atoms with Crippen LogP contribution < -0.4 is 0 Å². The van der Waals surface area contributed by atoms with E-state index in [4.69, 9.17) is 0 Å². The number of Topliss-reactive ketones (excluding diaryl/α,β-unsaturated/α-hetero) is 1. The Balaban J connectivity index is 1.66. The number of rotatable bonds is 7. The molecule has 0 unspecified atom stereocenters. The van der Waals surface area contributed by atoms with E-state index in [9.17, 15) is 4.79 Å². The Morgan fingerprint density at radius 1 is 1.05 bits per heavy atom. The van der Waals surface area contributed by atoms with E-state index in [0.717, 1.165) is 36.1 Å². The monoisotopic (exact) mass is 352 g/mol. The molecule has 1 fully saturated rings. The van der Waals surface area contributed by atoms with Crippen LogP contribution in [0.15, 0.2) is 28.7 Å². The highest BCUT2D eigenvalue weighted by atomic mass is 79.9. The summed E-state index contributed by atoms with van der Waals surface area (Å²) in [6.45, 7) is 9.14. The van der Waals surface area contributed by atoms with Gasteiger partial charge >= 0.3 is 0 Å². The first-order valence-corrected chi connectivity index (χ1v) is 8.72. The van der Waals surface area contributed by atoms with Crippen molar-refractivity contribution < 1.29 is 4.79 Å². The van der Waals surface area contributed by atoms with Gasteiger partial charge in [-0.3, -0.25) is 4.79 Å². The number of halogens is 1. The first-order valence-electron chi connectivity index (χ1n) is 7.92. The quantitative estimate of drug-likeness (QED) is 0.702. The molecule has 116 valence electrons. The molecule has 0 N–H and O–H groups in total. The van der Waals surface area contributed by atoms with Crippen LogP contribution in [0.2, 0.25) is 0 Å². The van der Waals surface area contributed by atoms with Crippen LogP contribution in [0.1, 0.15) is 36.5 Å². The fourth-order valence-corrected chi connectivity index (χ4v) is 3.06. The lowest BCUT2D eigenvalue weighted by molar-refractivity contribution is 0.0962. The van der Waals surface area contributed by atoms with Crippen molar-refractivity contribution in [2.75, 3.05) is 39.3 Å². The Labute approximate surface area is 136 Å². The maximum atomic E-state index is 12.1. The molecule has 0 saturated carbocycles. The van der Waals surface area contributed by atoms with Crippen molar-refractivity contribution in [3.05, 3.63) is 34.3 Å². The molecule has 4 heteroatoms. The highest BCUT2D eigenvalue weighted by Crippen LogP contribution is 2.13. The molecule has 0 radical (unpaired) electrons. The third-order valence-corrected chi connectivity index (χ3v) is 4.58. The predicted octanol–water partition coefficient (Wildman–Crippen LogP) is 3.44. The van der Waals surface area contributed by atoms with E-state index in [1.165, 1.54) is 26.1 Å². The van der Waals surface area contributed by atoms with E-state index in [2.05, 4.69) is 32.7 Å². The van der Waals surface area contributed by atoms with Crippen molar-refractivity contribution in [1.29, 1.82) is 0 Å². The molecule has 1 aromatic rings. The summed E-state index contributed by atoms with van der Waals surface area (Å²) in [5.74, 6) is 0.257. The van der Waals surface area contributed by atoms with Crippen LogP contribution >= 0.6 is 15.9 Å². The van der Waals surface area contributed by atoms with E-state index >= 15 is 0 Å². The molecule has 2 rings (SSSR count). The fraction of sp³-hybridized carbons (Fsp3) is 0.588. The zero-order valence-electron chi connectivity index (χ0n) is 12.9. The molecule has 1 saturated heterocycles. The van der Waals surface area contributed by atoms with Crippen molar-refractivity contribution in [3.8, 4) is 0 Å². The summed E-state index contributed by atoms with van der Waals surface area (Å²) < 4.78 is 1.02. The molecule has 0 atom stereocenters. The molecular formula is C17H25BrN2O. The summed E-state index contributed by atoms with van der Waals surface area (Å²) >= 11 is 3.39. The molecule has 1 heterocycles. The van der Waals surface area contributed by atoms with Crippen LogP contribution in [0.5, 0.6) is 0 Å². The van der Waals surface area contributed by atoms with Gasteiger partial charge in [-0.15, -0.1) is 0 Å². The van der Waals surface area contributed by atoms with Gasteiger partial charge in [-0.25, -0.2) is 0 Å². The van der Waals surface area contributed by atoms with Crippen molar-refractivity contribution in [2.24, 2.45) is 0 Å².